The van der Waals surface area contributed by atoms with Gasteiger partial charge in [-0.2, -0.15) is 4.98 Å². The molecule has 3 aromatic heterocycles. The zero-order valence-corrected chi connectivity index (χ0v) is 21.4. The second kappa shape index (κ2) is 10.5. The largest absolute Gasteiger partial charge is 0.491 e. The van der Waals surface area contributed by atoms with Crippen LogP contribution >= 0.6 is 11.3 Å². The Morgan fingerprint density at radius 1 is 1.05 bits per heavy atom. The van der Waals surface area contributed by atoms with Crippen LogP contribution in [0.5, 0.6) is 11.6 Å². The van der Waals surface area contributed by atoms with E-state index in [0.717, 1.165) is 34.6 Å². The Labute approximate surface area is 216 Å². The van der Waals surface area contributed by atoms with Crippen LogP contribution in [-0.4, -0.2) is 47.8 Å². The summed E-state index contributed by atoms with van der Waals surface area (Å²) in [4.78, 5) is 48.4. The van der Waals surface area contributed by atoms with Crippen LogP contribution in [0.1, 0.15) is 34.5 Å². The van der Waals surface area contributed by atoms with Gasteiger partial charge < -0.3 is 24.7 Å². The molecule has 1 fully saturated rings. The van der Waals surface area contributed by atoms with Gasteiger partial charge in [0.25, 0.3) is 17.3 Å². The van der Waals surface area contributed by atoms with Crippen LogP contribution in [0.3, 0.4) is 0 Å². The lowest BCUT2D eigenvalue weighted by Gasteiger charge is -2.28. The monoisotopic (exact) mass is 521 g/mol. The number of aromatic amines is 1. The predicted octanol–water partition coefficient (Wildman–Crippen LogP) is 3.07. The van der Waals surface area contributed by atoms with Crippen LogP contribution in [0, 0.1) is 0 Å². The molecular weight excluding hydrogens is 494 g/mol. The zero-order valence-electron chi connectivity index (χ0n) is 20.6. The molecule has 192 valence electrons. The second-order valence-electron chi connectivity index (χ2n) is 8.70. The molecule has 1 aliphatic rings. The van der Waals surface area contributed by atoms with Crippen molar-refractivity contribution in [2.75, 3.05) is 32.2 Å². The van der Waals surface area contributed by atoms with E-state index in [4.69, 9.17) is 9.47 Å². The van der Waals surface area contributed by atoms with Crippen LogP contribution in [0.2, 0.25) is 0 Å². The lowest BCUT2D eigenvalue weighted by atomic mass is 10.1. The Kier molecular flexibility index (Phi) is 6.95. The molecule has 11 heteroatoms. The zero-order chi connectivity index (χ0) is 25.9. The van der Waals surface area contributed by atoms with Crippen LogP contribution in [-0.2, 0) is 6.54 Å². The van der Waals surface area contributed by atoms with Gasteiger partial charge in [0.05, 0.1) is 24.6 Å². The fourth-order valence-corrected chi connectivity index (χ4v) is 5.38. The number of pyridine rings is 1. The SMILES string of the molecule is COc1ccc(-n2c(=O)[nH]c3cc(C(=O)NCc4ccc(N5CCCCC5)cc4)sc3c2=O)nc1OC. The first-order valence-electron chi connectivity index (χ1n) is 12.0. The highest BCUT2D eigenvalue weighted by Crippen LogP contribution is 2.25. The summed E-state index contributed by atoms with van der Waals surface area (Å²) in [7, 11) is 2.88. The number of aromatic nitrogens is 3. The third-order valence-corrected chi connectivity index (χ3v) is 7.48. The summed E-state index contributed by atoms with van der Waals surface area (Å²) >= 11 is 1.02. The number of hydrogen-bond donors (Lipinski definition) is 2. The van der Waals surface area contributed by atoms with Gasteiger partial charge in [0, 0.05) is 25.3 Å². The molecule has 0 unspecified atom stereocenters. The Balaban J connectivity index is 1.35. The number of anilines is 1. The molecule has 0 radical (unpaired) electrons. The summed E-state index contributed by atoms with van der Waals surface area (Å²) in [6.45, 7) is 2.51. The fraction of sp³-hybridized carbons (Fsp3) is 0.308. The van der Waals surface area contributed by atoms with Crippen molar-refractivity contribution in [3.8, 4) is 17.4 Å². The molecule has 5 rings (SSSR count). The van der Waals surface area contributed by atoms with Crippen LogP contribution in [0.15, 0.2) is 52.1 Å². The molecule has 1 saturated heterocycles. The molecule has 1 aromatic carbocycles. The van der Waals surface area contributed by atoms with E-state index < -0.39 is 11.2 Å². The minimum Gasteiger partial charge on any atom is -0.491 e. The smallest absolute Gasteiger partial charge is 0.334 e. The summed E-state index contributed by atoms with van der Waals surface area (Å²) in [5.74, 6) is 0.269. The van der Waals surface area contributed by atoms with E-state index in [1.807, 2.05) is 12.1 Å². The van der Waals surface area contributed by atoms with Crippen molar-refractivity contribution >= 4 is 33.1 Å². The molecule has 4 aromatic rings. The van der Waals surface area contributed by atoms with Gasteiger partial charge in [-0.25, -0.2) is 9.36 Å². The number of carbonyl (C=O) groups excluding carboxylic acids is 1. The molecule has 0 atom stereocenters. The summed E-state index contributed by atoms with van der Waals surface area (Å²) < 4.78 is 11.5. The molecule has 0 aliphatic carbocycles. The molecule has 1 amide bonds. The van der Waals surface area contributed by atoms with E-state index in [0.29, 0.717) is 22.7 Å². The number of amides is 1. The van der Waals surface area contributed by atoms with Crippen LogP contribution < -0.4 is 30.9 Å². The van der Waals surface area contributed by atoms with Crippen molar-refractivity contribution in [2.45, 2.75) is 25.8 Å². The number of ether oxygens (including phenoxy) is 2. The van der Waals surface area contributed by atoms with E-state index in [2.05, 4.69) is 32.3 Å². The highest BCUT2D eigenvalue weighted by molar-refractivity contribution is 7.20. The van der Waals surface area contributed by atoms with E-state index in [1.165, 1.54) is 51.3 Å². The lowest BCUT2D eigenvalue weighted by molar-refractivity contribution is 0.0955. The van der Waals surface area contributed by atoms with Crippen molar-refractivity contribution < 1.29 is 14.3 Å². The number of rotatable bonds is 7. The molecule has 2 N–H and O–H groups in total. The molecule has 10 nitrogen and oxygen atoms in total. The number of nitrogens with zero attached hydrogens (tertiary/aromatic N) is 3. The van der Waals surface area contributed by atoms with E-state index in [9.17, 15) is 14.4 Å². The van der Waals surface area contributed by atoms with Gasteiger partial charge in [-0.15, -0.1) is 11.3 Å². The van der Waals surface area contributed by atoms with Crippen molar-refractivity contribution in [3.05, 3.63) is 73.7 Å². The Morgan fingerprint density at radius 3 is 2.51 bits per heavy atom. The molecular formula is C26H27N5O5S. The van der Waals surface area contributed by atoms with Gasteiger partial charge in [0.15, 0.2) is 5.75 Å². The summed E-state index contributed by atoms with van der Waals surface area (Å²) in [6, 6.07) is 12.8. The second-order valence-corrected chi connectivity index (χ2v) is 9.75. The Morgan fingerprint density at radius 2 is 1.81 bits per heavy atom. The molecule has 0 bridgehead atoms. The minimum absolute atomic E-state index is 0.0817. The van der Waals surface area contributed by atoms with Gasteiger partial charge in [0.1, 0.15) is 10.5 Å². The minimum atomic E-state index is -0.671. The van der Waals surface area contributed by atoms with Gasteiger partial charge in [-0.1, -0.05) is 12.1 Å². The molecule has 4 heterocycles. The first-order valence-corrected chi connectivity index (χ1v) is 12.8. The van der Waals surface area contributed by atoms with E-state index >= 15 is 0 Å². The van der Waals surface area contributed by atoms with Gasteiger partial charge in [-0.3, -0.25) is 9.59 Å². The fourth-order valence-electron chi connectivity index (χ4n) is 4.42. The summed E-state index contributed by atoms with van der Waals surface area (Å²) in [5.41, 5.74) is 1.23. The summed E-state index contributed by atoms with van der Waals surface area (Å²) in [5, 5.41) is 2.90. The maximum atomic E-state index is 13.2. The molecule has 37 heavy (non-hydrogen) atoms. The first kappa shape index (κ1) is 24.6. The Bertz CT molecular complexity index is 1550. The number of thiophene rings is 1. The van der Waals surface area contributed by atoms with E-state index in [-0.39, 0.29) is 22.3 Å². The molecule has 1 aliphatic heterocycles. The van der Waals surface area contributed by atoms with Crippen LogP contribution in [0.25, 0.3) is 16.0 Å². The number of H-pyrrole nitrogens is 1. The highest BCUT2D eigenvalue weighted by atomic mass is 32.1. The number of nitrogens with one attached hydrogen (secondary N) is 2. The van der Waals surface area contributed by atoms with Crippen molar-refractivity contribution in [3.63, 3.8) is 0 Å². The standard InChI is InChI=1S/C26H27N5O5S/c1-35-19-10-11-21(29-24(19)36-2)31-25(33)22-18(28-26(31)34)14-20(37-22)23(32)27-15-16-6-8-17(9-7-16)30-12-4-3-5-13-30/h6-11,14H,3-5,12-13,15H2,1-2H3,(H,27,32)(H,28,34). The first-order chi connectivity index (χ1) is 18.0. The topological polar surface area (TPSA) is 119 Å². The third kappa shape index (κ3) is 4.94. The summed E-state index contributed by atoms with van der Waals surface area (Å²) in [6.07, 6.45) is 3.72. The maximum Gasteiger partial charge on any atom is 0.334 e. The quantitative estimate of drug-likeness (QED) is 0.384. The number of hydrogen-bond acceptors (Lipinski definition) is 8. The molecule has 0 saturated carbocycles. The number of fused-ring (bicyclic) bond motifs is 1. The number of carbonyl (C=O) groups is 1. The molecule has 0 spiro atoms. The van der Waals surface area contributed by atoms with E-state index in [1.54, 1.807) is 6.07 Å². The number of methoxy groups -OCH3 is 2. The normalized spacial score (nSPS) is 13.5. The van der Waals surface area contributed by atoms with Crippen molar-refractivity contribution in [1.29, 1.82) is 0 Å². The number of piperidine rings is 1. The predicted molar refractivity (Wildman–Crippen MR) is 143 cm³/mol. The van der Waals surface area contributed by atoms with Gasteiger partial charge in [0.2, 0.25) is 0 Å². The third-order valence-electron chi connectivity index (χ3n) is 6.36. The van der Waals surface area contributed by atoms with Gasteiger partial charge in [-0.05, 0) is 55.2 Å². The van der Waals surface area contributed by atoms with Crippen molar-refractivity contribution in [1.82, 2.24) is 19.9 Å². The Hall–Kier alpha value is -4.12. The van der Waals surface area contributed by atoms with Crippen LogP contribution in [0.4, 0.5) is 5.69 Å². The lowest BCUT2D eigenvalue weighted by Crippen LogP contribution is -2.33. The maximum absolute atomic E-state index is 13.2. The highest BCUT2D eigenvalue weighted by Gasteiger charge is 2.18. The number of benzene rings is 1. The average molecular weight is 522 g/mol. The van der Waals surface area contributed by atoms with Gasteiger partial charge >= 0.3 is 5.69 Å². The average Bonchev–Trinajstić information content (AvgIpc) is 3.37. The van der Waals surface area contributed by atoms with Crippen molar-refractivity contribution in [2.24, 2.45) is 0 Å².